The van der Waals surface area contributed by atoms with Crippen LogP contribution in [-0.4, -0.2) is 0 Å². The number of fused-ring (bicyclic) bond motifs is 6. The second-order valence-corrected chi connectivity index (χ2v) is 15.3. The van der Waals surface area contributed by atoms with Crippen LogP contribution in [-0.2, 0) is 0 Å². The van der Waals surface area contributed by atoms with Crippen molar-refractivity contribution in [3.63, 3.8) is 0 Å². The first-order chi connectivity index (χ1) is 27.0. The summed E-state index contributed by atoms with van der Waals surface area (Å²) < 4.78 is 1.31. The van der Waals surface area contributed by atoms with Gasteiger partial charge in [0.2, 0.25) is 0 Å². The van der Waals surface area contributed by atoms with Gasteiger partial charge in [-0.05, 0) is 143 Å². The summed E-state index contributed by atoms with van der Waals surface area (Å²) in [5.41, 5.74) is 10.6. The Morgan fingerprint density at radius 1 is 0.764 bits per heavy atom. The van der Waals surface area contributed by atoms with Crippen molar-refractivity contribution < 1.29 is 0 Å². The van der Waals surface area contributed by atoms with Crippen LogP contribution in [0.4, 0.5) is 0 Å². The first kappa shape index (κ1) is 35.7. The molecule has 1 unspecified atom stereocenters. The van der Waals surface area contributed by atoms with Gasteiger partial charge in [0.05, 0.1) is 0 Å². The van der Waals surface area contributed by atoms with Gasteiger partial charge in [-0.2, -0.15) is 0 Å². The number of benzene rings is 5. The summed E-state index contributed by atoms with van der Waals surface area (Å²) in [7, 11) is 0. The molecule has 5 aromatic carbocycles. The third-order valence-corrected chi connectivity index (χ3v) is 11.8. The quantitative estimate of drug-likeness (QED) is 0.130. The molecular weight excluding hydrogens is 681 g/mol. The minimum absolute atomic E-state index is 0.258. The molecular formula is C54H44S. The van der Waals surface area contributed by atoms with Gasteiger partial charge < -0.3 is 0 Å². The predicted octanol–water partition coefficient (Wildman–Crippen LogP) is 14.1. The Kier molecular flexibility index (Phi) is 10.1. The van der Waals surface area contributed by atoms with Crippen LogP contribution >= 0.6 is 11.3 Å². The van der Waals surface area contributed by atoms with Gasteiger partial charge >= 0.3 is 0 Å². The molecule has 8 rings (SSSR count). The second kappa shape index (κ2) is 15.6. The largest absolute Gasteiger partial charge is 0.136 e. The Hall–Kier alpha value is -6.28. The van der Waals surface area contributed by atoms with Gasteiger partial charge in [0.1, 0.15) is 0 Å². The fraction of sp³-hybridized carbons (Fsp3) is 0.0741. The highest BCUT2D eigenvalue weighted by molar-refractivity contribution is 7.20. The molecule has 0 aliphatic heterocycles. The van der Waals surface area contributed by atoms with E-state index in [9.17, 15) is 0 Å². The van der Waals surface area contributed by atoms with Gasteiger partial charge in [0.15, 0.2) is 0 Å². The lowest BCUT2D eigenvalue weighted by Crippen LogP contribution is -2.32. The Balaban J connectivity index is 1.23. The molecule has 0 N–H and O–H groups in total. The zero-order valence-electron chi connectivity index (χ0n) is 31.4. The molecule has 0 nitrogen and oxygen atoms in total. The molecule has 0 saturated carbocycles. The lowest BCUT2D eigenvalue weighted by Gasteiger charge is -2.18. The van der Waals surface area contributed by atoms with E-state index in [0.29, 0.717) is 0 Å². The fourth-order valence-electron chi connectivity index (χ4n) is 8.08. The average Bonchev–Trinajstić information content (AvgIpc) is 3.67. The topological polar surface area (TPSA) is 0 Å². The van der Waals surface area contributed by atoms with Gasteiger partial charge in [-0.25, -0.2) is 0 Å². The SMILES string of the molecule is C=C/C=C\C(C=C)=C\C(=C)c1c2c(c(-c3cccc(/C4=C/C=C/C(C)c5cc6c(ccc7sc(/C=C\C=C)cc76)cc5C=C4)c3)c3ccccc13)=CCCC=2. The van der Waals surface area contributed by atoms with E-state index < -0.39 is 0 Å². The molecule has 0 spiro atoms. The second-order valence-electron chi connectivity index (χ2n) is 14.2. The molecule has 0 amide bonds. The van der Waals surface area contributed by atoms with Crippen molar-refractivity contribution in [2.45, 2.75) is 25.7 Å². The number of hydrogen-bond acceptors (Lipinski definition) is 1. The maximum atomic E-state index is 4.60. The highest BCUT2D eigenvalue weighted by Gasteiger charge is 2.17. The van der Waals surface area contributed by atoms with E-state index in [1.807, 2.05) is 41.7 Å². The maximum absolute atomic E-state index is 4.60. The summed E-state index contributed by atoms with van der Waals surface area (Å²) >= 11 is 1.82. The predicted molar refractivity (Wildman–Crippen MR) is 247 cm³/mol. The average molecular weight is 725 g/mol. The van der Waals surface area contributed by atoms with Crippen molar-refractivity contribution in [3.05, 3.63) is 215 Å². The highest BCUT2D eigenvalue weighted by Crippen LogP contribution is 2.38. The smallest absolute Gasteiger partial charge is 0.0355 e. The van der Waals surface area contributed by atoms with Crippen LogP contribution in [0.1, 0.15) is 52.8 Å². The van der Waals surface area contributed by atoms with E-state index in [1.54, 1.807) is 6.08 Å². The Bertz CT molecular complexity index is 2890. The van der Waals surface area contributed by atoms with Gasteiger partial charge in [-0.3, -0.25) is 0 Å². The molecule has 266 valence electrons. The van der Waals surface area contributed by atoms with E-state index in [2.05, 4.69) is 167 Å². The molecule has 2 aliphatic rings. The van der Waals surface area contributed by atoms with Crippen molar-refractivity contribution in [2.75, 3.05) is 0 Å². The molecule has 2 aliphatic carbocycles. The molecule has 6 aromatic rings. The molecule has 1 heterocycles. The standard InChI is InChI=1S/C54H44S/c1-6-9-18-38(8-3)31-37(5)53-45-23-11-13-25-47(45)54(48-26-14-12-24-46(48)53)43-21-16-20-40(32-43)39-19-15-17-36(4)49-35-50-42(33-41(49)28-27-39)29-30-52-51(50)34-44(55-52)22-10-7-2/h6-11,13,15-36H,1-3,5,12,14H2,4H3/b17-15+,18-9-,22-10-,28-27?,38-31+,39-19+. The third kappa shape index (κ3) is 6.96. The first-order valence-electron chi connectivity index (χ1n) is 19.0. The van der Waals surface area contributed by atoms with Crippen LogP contribution in [0.15, 0.2) is 178 Å². The first-order valence-corrected chi connectivity index (χ1v) is 19.8. The Morgan fingerprint density at radius 3 is 2.38 bits per heavy atom. The van der Waals surface area contributed by atoms with Crippen molar-refractivity contribution in [1.29, 1.82) is 0 Å². The molecule has 0 radical (unpaired) electrons. The van der Waals surface area contributed by atoms with Gasteiger partial charge in [-0.1, -0.05) is 161 Å². The van der Waals surface area contributed by atoms with E-state index in [1.165, 1.54) is 85.9 Å². The van der Waals surface area contributed by atoms with Crippen LogP contribution in [0.5, 0.6) is 0 Å². The zero-order valence-corrected chi connectivity index (χ0v) is 32.2. The Morgan fingerprint density at radius 2 is 1.56 bits per heavy atom. The normalized spacial score (nSPS) is 17.1. The van der Waals surface area contributed by atoms with Crippen molar-refractivity contribution in [3.8, 4) is 11.1 Å². The minimum Gasteiger partial charge on any atom is -0.136 e. The van der Waals surface area contributed by atoms with Crippen LogP contribution in [0, 0.1) is 0 Å². The molecule has 0 saturated heterocycles. The summed E-state index contributed by atoms with van der Waals surface area (Å²) in [6, 6.07) is 29.5. The summed E-state index contributed by atoms with van der Waals surface area (Å²) in [4.78, 5) is 1.24. The molecule has 0 fully saturated rings. The molecule has 1 aromatic heterocycles. The van der Waals surface area contributed by atoms with Crippen molar-refractivity contribution in [1.82, 2.24) is 0 Å². The molecule has 1 atom stereocenters. The third-order valence-electron chi connectivity index (χ3n) is 10.7. The lowest BCUT2D eigenvalue weighted by atomic mass is 9.85. The van der Waals surface area contributed by atoms with Gasteiger partial charge in [0, 0.05) is 15.0 Å². The van der Waals surface area contributed by atoms with Gasteiger partial charge in [0.25, 0.3) is 0 Å². The highest BCUT2D eigenvalue weighted by atomic mass is 32.1. The monoisotopic (exact) mass is 724 g/mol. The molecule has 55 heavy (non-hydrogen) atoms. The number of thiophene rings is 1. The zero-order chi connectivity index (χ0) is 37.9. The summed E-state index contributed by atoms with van der Waals surface area (Å²) in [6.07, 6.45) is 34.0. The maximum Gasteiger partial charge on any atom is 0.0355 e. The van der Waals surface area contributed by atoms with Crippen LogP contribution < -0.4 is 10.4 Å². The molecule has 1 heteroatoms. The van der Waals surface area contributed by atoms with E-state index >= 15 is 0 Å². The fourth-order valence-corrected chi connectivity index (χ4v) is 9.08. The lowest BCUT2D eigenvalue weighted by molar-refractivity contribution is 0.967. The van der Waals surface area contributed by atoms with Gasteiger partial charge in [-0.15, -0.1) is 11.3 Å². The van der Waals surface area contributed by atoms with Crippen LogP contribution in [0.3, 0.4) is 0 Å². The molecule has 0 bridgehead atoms. The van der Waals surface area contributed by atoms with Crippen LogP contribution in [0.25, 0.3) is 78.2 Å². The number of allylic oxidation sites excluding steroid dienone is 14. The summed E-state index contributed by atoms with van der Waals surface area (Å²) in [5.74, 6) is 0.258. The van der Waals surface area contributed by atoms with E-state index in [0.717, 1.165) is 24.0 Å². The summed E-state index contributed by atoms with van der Waals surface area (Å²) in [5, 5.41) is 8.85. The Labute approximate surface area is 328 Å². The van der Waals surface area contributed by atoms with E-state index in [-0.39, 0.29) is 5.92 Å². The van der Waals surface area contributed by atoms with Crippen LogP contribution in [0.2, 0.25) is 0 Å². The minimum atomic E-state index is 0.258. The van der Waals surface area contributed by atoms with Crippen molar-refractivity contribution >= 4 is 78.4 Å². The van der Waals surface area contributed by atoms with Crippen molar-refractivity contribution in [2.24, 2.45) is 0 Å². The number of hydrogen-bond donors (Lipinski definition) is 0. The number of rotatable bonds is 9. The van der Waals surface area contributed by atoms with E-state index in [4.69, 9.17) is 0 Å². The summed E-state index contributed by atoms with van der Waals surface area (Å²) in [6.45, 7) is 18.6.